The summed E-state index contributed by atoms with van der Waals surface area (Å²) >= 11 is 0. The van der Waals surface area contributed by atoms with Crippen LogP contribution in [0.1, 0.15) is 50.4 Å². The number of aromatic nitrogens is 1. The van der Waals surface area contributed by atoms with Crippen LogP contribution < -0.4 is 4.90 Å². The first-order chi connectivity index (χ1) is 12.8. The van der Waals surface area contributed by atoms with Gasteiger partial charge in [0.1, 0.15) is 17.8 Å². The summed E-state index contributed by atoms with van der Waals surface area (Å²) in [7, 11) is 0. The van der Waals surface area contributed by atoms with Crippen molar-refractivity contribution in [2.45, 2.75) is 45.6 Å². The predicted molar refractivity (Wildman–Crippen MR) is 106 cm³/mol. The van der Waals surface area contributed by atoms with Crippen LogP contribution in [0.4, 0.5) is 5.82 Å². The molecule has 5 heteroatoms. The van der Waals surface area contributed by atoms with Gasteiger partial charge in [-0.25, -0.2) is 4.98 Å². The van der Waals surface area contributed by atoms with Crippen molar-refractivity contribution in [3.63, 3.8) is 0 Å². The second-order valence-electron chi connectivity index (χ2n) is 7.86. The van der Waals surface area contributed by atoms with Crippen LogP contribution in [-0.4, -0.2) is 35.4 Å². The summed E-state index contributed by atoms with van der Waals surface area (Å²) in [5, 5.41) is 0. The van der Waals surface area contributed by atoms with E-state index in [4.69, 9.17) is 4.74 Å². The molecule has 1 aliphatic rings. The number of carbonyl (C=O) groups is 2. The Labute approximate surface area is 160 Å². The quantitative estimate of drug-likeness (QED) is 0.449. The number of benzene rings is 1. The molecular weight excluding hydrogens is 340 g/mol. The third-order valence-electron chi connectivity index (χ3n) is 4.42. The van der Waals surface area contributed by atoms with Gasteiger partial charge >= 0.3 is 5.97 Å². The van der Waals surface area contributed by atoms with Crippen molar-refractivity contribution in [1.29, 1.82) is 0 Å². The van der Waals surface area contributed by atoms with Gasteiger partial charge in [0.15, 0.2) is 5.78 Å². The van der Waals surface area contributed by atoms with Crippen molar-refractivity contribution < 1.29 is 14.3 Å². The Hall–Kier alpha value is -2.69. The molecule has 1 aromatic carbocycles. The Balaban J connectivity index is 1.76. The SMILES string of the molecule is CC(C)(C)OC(=O)CC(=O)c1cccc(-c2ccnc(N3CCCC3)c2)c1. The van der Waals surface area contributed by atoms with Crippen molar-refractivity contribution in [2.75, 3.05) is 18.0 Å². The highest BCUT2D eigenvalue weighted by Gasteiger charge is 2.20. The third-order valence-corrected chi connectivity index (χ3v) is 4.42. The molecule has 3 rings (SSSR count). The zero-order valence-electron chi connectivity index (χ0n) is 16.2. The highest BCUT2D eigenvalue weighted by Crippen LogP contribution is 2.26. The fraction of sp³-hybridized carbons (Fsp3) is 0.409. The molecule has 1 aromatic heterocycles. The van der Waals surface area contributed by atoms with Gasteiger partial charge in [0.05, 0.1) is 0 Å². The van der Waals surface area contributed by atoms with E-state index in [1.54, 1.807) is 33.0 Å². The van der Waals surface area contributed by atoms with Crippen LogP contribution >= 0.6 is 0 Å². The Bertz CT molecular complexity index is 833. The first kappa shape index (κ1) is 19.1. The molecule has 0 atom stereocenters. The lowest BCUT2D eigenvalue weighted by molar-refractivity contribution is -0.153. The van der Waals surface area contributed by atoms with Crippen molar-refractivity contribution >= 4 is 17.6 Å². The Morgan fingerprint density at radius 1 is 1.07 bits per heavy atom. The van der Waals surface area contributed by atoms with Gasteiger partial charge in [-0.3, -0.25) is 9.59 Å². The van der Waals surface area contributed by atoms with Crippen molar-refractivity contribution in [3.05, 3.63) is 48.2 Å². The van der Waals surface area contributed by atoms with Gasteiger partial charge in [-0.05, 0) is 62.9 Å². The average Bonchev–Trinajstić information content (AvgIpc) is 3.15. The standard InChI is InChI=1S/C22H26N2O3/c1-22(2,3)27-21(26)15-19(25)18-8-6-7-16(13-18)17-9-10-23-20(14-17)24-11-4-5-12-24/h6-10,13-14H,4-5,11-12,15H2,1-3H3. The fourth-order valence-electron chi connectivity index (χ4n) is 3.20. The largest absolute Gasteiger partial charge is 0.460 e. The van der Waals surface area contributed by atoms with Gasteiger partial charge in [-0.2, -0.15) is 0 Å². The van der Waals surface area contributed by atoms with Crippen molar-refractivity contribution in [2.24, 2.45) is 0 Å². The summed E-state index contributed by atoms with van der Waals surface area (Å²) in [4.78, 5) is 31.2. The topological polar surface area (TPSA) is 59.5 Å². The van der Waals surface area contributed by atoms with Crippen LogP contribution in [0.5, 0.6) is 0 Å². The number of Topliss-reactive ketones (excluding diaryl/α,β-unsaturated/α-hetero) is 1. The second kappa shape index (κ2) is 7.91. The van der Waals surface area contributed by atoms with E-state index in [9.17, 15) is 9.59 Å². The monoisotopic (exact) mass is 366 g/mol. The normalized spacial score (nSPS) is 14.3. The summed E-state index contributed by atoms with van der Waals surface area (Å²) < 4.78 is 5.24. The van der Waals surface area contributed by atoms with Crippen LogP contribution in [0.15, 0.2) is 42.6 Å². The molecule has 0 spiro atoms. The van der Waals surface area contributed by atoms with Crippen LogP contribution in [0, 0.1) is 0 Å². The zero-order valence-corrected chi connectivity index (χ0v) is 16.2. The predicted octanol–water partition coefficient (Wildman–Crippen LogP) is 4.26. The number of ether oxygens (including phenoxy) is 1. The number of nitrogens with zero attached hydrogens (tertiary/aromatic N) is 2. The summed E-state index contributed by atoms with van der Waals surface area (Å²) in [6.45, 7) is 7.43. The molecule has 142 valence electrons. The van der Waals surface area contributed by atoms with Gasteiger partial charge in [-0.15, -0.1) is 0 Å². The van der Waals surface area contributed by atoms with E-state index in [-0.39, 0.29) is 12.2 Å². The first-order valence-corrected chi connectivity index (χ1v) is 9.38. The number of ketones is 1. The Morgan fingerprint density at radius 3 is 2.48 bits per heavy atom. The molecule has 2 aromatic rings. The minimum Gasteiger partial charge on any atom is -0.460 e. The molecule has 0 unspecified atom stereocenters. The number of carbonyl (C=O) groups excluding carboxylic acids is 2. The molecule has 5 nitrogen and oxygen atoms in total. The minimum atomic E-state index is -0.595. The van der Waals surface area contributed by atoms with E-state index in [2.05, 4.69) is 16.0 Å². The molecule has 0 bridgehead atoms. The summed E-state index contributed by atoms with van der Waals surface area (Å²) in [5.74, 6) is 0.230. The van der Waals surface area contributed by atoms with E-state index < -0.39 is 11.6 Å². The molecular formula is C22H26N2O3. The first-order valence-electron chi connectivity index (χ1n) is 9.38. The Kier molecular flexibility index (Phi) is 5.59. The van der Waals surface area contributed by atoms with Gasteiger partial charge in [-0.1, -0.05) is 18.2 Å². The maximum atomic E-state index is 12.5. The number of pyridine rings is 1. The molecule has 27 heavy (non-hydrogen) atoms. The van der Waals surface area contributed by atoms with Crippen molar-refractivity contribution in [1.82, 2.24) is 4.98 Å². The maximum absolute atomic E-state index is 12.5. The van der Waals surface area contributed by atoms with E-state index >= 15 is 0 Å². The van der Waals surface area contributed by atoms with Crippen LogP contribution in [0.3, 0.4) is 0 Å². The smallest absolute Gasteiger partial charge is 0.314 e. The van der Waals surface area contributed by atoms with Crippen molar-refractivity contribution in [3.8, 4) is 11.1 Å². The molecule has 1 fully saturated rings. The molecule has 0 amide bonds. The molecule has 2 heterocycles. The summed E-state index contributed by atoms with van der Waals surface area (Å²) in [5.41, 5.74) is 1.87. The molecule has 1 saturated heterocycles. The maximum Gasteiger partial charge on any atom is 0.314 e. The molecule has 0 N–H and O–H groups in total. The summed E-state index contributed by atoms with van der Waals surface area (Å²) in [6.07, 6.45) is 3.94. The Morgan fingerprint density at radius 2 is 1.78 bits per heavy atom. The van der Waals surface area contributed by atoms with Crippen LogP contribution in [0.25, 0.3) is 11.1 Å². The number of esters is 1. The van der Waals surface area contributed by atoms with Gasteiger partial charge < -0.3 is 9.64 Å². The zero-order chi connectivity index (χ0) is 19.4. The molecule has 0 saturated carbocycles. The number of hydrogen-bond donors (Lipinski definition) is 0. The number of hydrogen-bond acceptors (Lipinski definition) is 5. The van der Waals surface area contributed by atoms with Gasteiger partial charge in [0.2, 0.25) is 0 Å². The minimum absolute atomic E-state index is 0.236. The van der Waals surface area contributed by atoms with Crippen LogP contribution in [0.2, 0.25) is 0 Å². The lowest BCUT2D eigenvalue weighted by Gasteiger charge is -2.19. The molecule has 0 aliphatic carbocycles. The number of anilines is 1. The average molecular weight is 366 g/mol. The third kappa shape index (κ3) is 5.16. The lowest BCUT2D eigenvalue weighted by Crippen LogP contribution is -2.25. The molecule has 0 radical (unpaired) electrons. The second-order valence-corrected chi connectivity index (χ2v) is 7.86. The highest BCUT2D eigenvalue weighted by atomic mass is 16.6. The summed E-state index contributed by atoms with van der Waals surface area (Å²) in [6, 6.07) is 11.4. The van der Waals surface area contributed by atoms with Crippen LogP contribution in [-0.2, 0) is 9.53 Å². The lowest BCUT2D eigenvalue weighted by atomic mass is 10.0. The highest BCUT2D eigenvalue weighted by molar-refractivity contribution is 6.06. The van der Waals surface area contributed by atoms with E-state index in [0.717, 1.165) is 30.0 Å². The van der Waals surface area contributed by atoms with Gasteiger partial charge in [0.25, 0.3) is 0 Å². The van der Waals surface area contributed by atoms with E-state index in [0.29, 0.717) is 5.56 Å². The van der Waals surface area contributed by atoms with Gasteiger partial charge in [0, 0.05) is 24.8 Å². The van der Waals surface area contributed by atoms with E-state index in [1.807, 2.05) is 24.3 Å². The van der Waals surface area contributed by atoms with E-state index in [1.165, 1.54) is 12.8 Å². The number of rotatable bonds is 5. The molecule has 1 aliphatic heterocycles. The fourth-order valence-corrected chi connectivity index (χ4v) is 3.20.